The van der Waals surface area contributed by atoms with Gasteiger partial charge in [-0.2, -0.15) is 16.8 Å². The summed E-state index contributed by atoms with van der Waals surface area (Å²) in [6.45, 7) is 0.203. The quantitative estimate of drug-likeness (QED) is 0.372. The molecule has 0 aliphatic heterocycles. The Balaban J connectivity index is 2.20. The molecule has 5 N–H and O–H groups in total. The van der Waals surface area contributed by atoms with Crippen molar-refractivity contribution in [3.05, 3.63) is 60.2 Å². The van der Waals surface area contributed by atoms with Crippen LogP contribution in [0.5, 0.6) is 0 Å². The maximum absolute atomic E-state index is 11.7. The van der Waals surface area contributed by atoms with E-state index in [1.54, 1.807) is 24.3 Å². The van der Waals surface area contributed by atoms with E-state index in [0.29, 0.717) is 5.69 Å². The molecule has 3 rings (SSSR count). The van der Waals surface area contributed by atoms with Gasteiger partial charge in [-0.15, -0.1) is 0 Å². The van der Waals surface area contributed by atoms with Gasteiger partial charge in [0.1, 0.15) is 4.90 Å². The van der Waals surface area contributed by atoms with Gasteiger partial charge in [0.05, 0.1) is 4.90 Å². The lowest BCUT2D eigenvalue weighted by Gasteiger charge is -2.14. The highest BCUT2D eigenvalue weighted by atomic mass is 32.2. The van der Waals surface area contributed by atoms with E-state index in [0.717, 1.165) is 17.7 Å². The first-order valence-electron chi connectivity index (χ1n) is 7.66. The van der Waals surface area contributed by atoms with Crippen LogP contribution >= 0.6 is 0 Å². The maximum Gasteiger partial charge on any atom is 0.295 e. The highest BCUT2D eigenvalue weighted by molar-refractivity contribution is 7.86. The maximum atomic E-state index is 11.7. The molecular weight excluding hydrogens is 392 g/mol. The molecule has 0 saturated carbocycles. The lowest BCUT2D eigenvalue weighted by atomic mass is 10.1. The molecule has 0 unspecified atom stereocenters. The summed E-state index contributed by atoms with van der Waals surface area (Å²) in [4.78, 5) is -0.783. The second-order valence-electron chi connectivity index (χ2n) is 5.87. The van der Waals surface area contributed by atoms with Crippen LogP contribution in [0.2, 0.25) is 0 Å². The Morgan fingerprint density at radius 1 is 0.889 bits per heavy atom. The van der Waals surface area contributed by atoms with Gasteiger partial charge in [0, 0.05) is 23.3 Å². The average Bonchev–Trinajstić information content (AvgIpc) is 2.57. The van der Waals surface area contributed by atoms with Gasteiger partial charge in [-0.25, -0.2) is 0 Å². The van der Waals surface area contributed by atoms with E-state index >= 15 is 0 Å². The molecule has 0 bridgehead atoms. The van der Waals surface area contributed by atoms with Crippen molar-refractivity contribution < 1.29 is 25.9 Å². The van der Waals surface area contributed by atoms with Crippen LogP contribution < -0.4 is 11.1 Å². The minimum absolute atomic E-state index is 0.108. The monoisotopic (exact) mass is 408 g/mol. The first-order valence-corrected chi connectivity index (χ1v) is 10.5. The summed E-state index contributed by atoms with van der Waals surface area (Å²) in [6, 6.07) is 13.2. The van der Waals surface area contributed by atoms with Crippen LogP contribution in [-0.2, 0) is 26.8 Å². The van der Waals surface area contributed by atoms with Crippen LogP contribution in [0.25, 0.3) is 10.8 Å². The molecule has 10 heteroatoms. The largest absolute Gasteiger partial charge is 0.399 e. The van der Waals surface area contributed by atoms with Crippen molar-refractivity contribution in [1.29, 1.82) is 0 Å². The Hall–Kier alpha value is -2.66. The Kier molecular flexibility index (Phi) is 4.82. The first kappa shape index (κ1) is 19.1. The van der Waals surface area contributed by atoms with Crippen molar-refractivity contribution in [2.75, 3.05) is 11.1 Å². The first-order chi connectivity index (χ1) is 12.6. The fourth-order valence-corrected chi connectivity index (χ4v) is 4.05. The summed E-state index contributed by atoms with van der Waals surface area (Å²) in [7, 11) is -9.09. The molecule has 3 aromatic carbocycles. The Labute approximate surface area is 156 Å². The minimum atomic E-state index is -4.56. The zero-order chi connectivity index (χ0) is 19.8. The van der Waals surface area contributed by atoms with Crippen LogP contribution in [0, 0.1) is 0 Å². The van der Waals surface area contributed by atoms with Crippen molar-refractivity contribution in [1.82, 2.24) is 0 Å². The third-order valence-corrected chi connectivity index (χ3v) is 5.65. The molecule has 8 nitrogen and oxygen atoms in total. The third-order valence-electron chi connectivity index (χ3n) is 3.92. The van der Waals surface area contributed by atoms with Crippen LogP contribution in [-0.4, -0.2) is 25.9 Å². The van der Waals surface area contributed by atoms with Crippen molar-refractivity contribution in [3.8, 4) is 0 Å². The molecule has 27 heavy (non-hydrogen) atoms. The van der Waals surface area contributed by atoms with Gasteiger partial charge in [-0.1, -0.05) is 24.3 Å². The number of benzene rings is 3. The van der Waals surface area contributed by atoms with E-state index < -0.39 is 25.1 Å². The molecule has 3 aromatic rings. The molecule has 142 valence electrons. The molecule has 0 aliphatic carbocycles. The summed E-state index contributed by atoms with van der Waals surface area (Å²) in [5.74, 6) is 0. The van der Waals surface area contributed by atoms with Crippen molar-refractivity contribution >= 4 is 42.4 Å². The number of hydrogen-bond donors (Lipinski definition) is 4. The van der Waals surface area contributed by atoms with E-state index in [1.807, 2.05) is 0 Å². The van der Waals surface area contributed by atoms with Crippen LogP contribution in [0.4, 0.5) is 11.4 Å². The Morgan fingerprint density at radius 2 is 1.59 bits per heavy atom. The number of hydrogen-bond acceptors (Lipinski definition) is 6. The van der Waals surface area contributed by atoms with Gasteiger partial charge in [0.2, 0.25) is 0 Å². The predicted octanol–water partition coefficient (Wildman–Crippen LogP) is 2.53. The number of anilines is 2. The van der Waals surface area contributed by atoms with Gasteiger partial charge in [0.25, 0.3) is 20.2 Å². The average molecular weight is 408 g/mol. The summed E-state index contributed by atoms with van der Waals surface area (Å²) < 4.78 is 65.5. The number of nitrogens with one attached hydrogen (secondary N) is 1. The lowest BCUT2D eigenvalue weighted by Crippen LogP contribution is -2.06. The van der Waals surface area contributed by atoms with Gasteiger partial charge in [-0.3, -0.25) is 9.11 Å². The number of fused-ring (bicyclic) bond motifs is 1. The fraction of sp³-hybridized carbons (Fsp3) is 0.0588. The SMILES string of the molecule is Nc1cccc(CNc2cc(S(=O)(=O)O)cc3cccc(S(=O)(=O)O)c23)c1. The van der Waals surface area contributed by atoms with Crippen LogP contribution in [0.1, 0.15) is 5.56 Å². The summed E-state index contributed by atoms with van der Waals surface area (Å²) in [5.41, 5.74) is 7.15. The topological polar surface area (TPSA) is 147 Å². The second-order valence-corrected chi connectivity index (χ2v) is 8.69. The fourth-order valence-electron chi connectivity index (χ4n) is 2.77. The summed E-state index contributed by atoms with van der Waals surface area (Å²) >= 11 is 0. The smallest absolute Gasteiger partial charge is 0.295 e. The van der Waals surface area contributed by atoms with E-state index in [-0.39, 0.29) is 27.9 Å². The van der Waals surface area contributed by atoms with E-state index in [1.165, 1.54) is 18.2 Å². The molecule has 0 aliphatic rings. The normalized spacial score (nSPS) is 12.2. The van der Waals surface area contributed by atoms with Crippen molar-refractivity contribution in [2.24, 2.45) is 0 Å². The lowest BCUT2D eigenvalue weighted by molar-refractivity contribution is 0.482. The summed E-state index contributed by atoms with van der Waals surface area (Å²) in [5, 5.41) is 3.28. The van der Waals surface area contributed by atoms with Crippen molar-refractivity contribution in [2.45, 2.75) is 16.3 Å². The zero-order valence-electron chi connectivity index (χ0n) is 13.8. The van der Waals surface area contributed by atoms with E-state index in [2.05, 4.69) is 5.32 Å². The number of nitrogen functional groups attached to an aromatic ring is 1. The molecule has 0 atom stereocenters. The highest BCUT2D eigenvalue weighted by Gasteiger charge is 2.20. The number of nitrogens with two attached hydrogens (primary N) is 1. The molecular formula is C17H16N2O6S2. The molecule has 0 saturated heterocycles. The van der Waals surface area contributed by atoms with Gasteiger partial charge < -0.3 is 11.1 Å². The third kappa shape index (κ3) is 4.19. The molecule has 0 radical (unpaired) electrons. The Morgan fingerprint density at radius 3 is 2.22 bits per heavy atom. The van der Waals surface area contributed by atoms with E-state index in [9.17, 15) is 25.9 Å². The van der Waals surface area contributed by atoms with Gasteiger partial charge >= 0.3 is 0 Å². The molecule has 0 fully saturated rings. The highest BCUT2D eigenvalue weighted by Crippen LogP contribution is 2.33. The Bertz CT molecular complexity index is 1240. The molecule has 0 aromatic heterocycles. The zero-order valence-corrected chi connectivity index (χ0v) is 15.5. The van der Waals surface area contributed by atoms with Crippen molar-refractivity contribution in [3.63, 3.8) is 0 Å². The van der Waals surface area contributed by atoms with Crippen LogP contribution in [0.15, 0.2) is 64.4 Å². The standard InChI is InChI=1S/C17H16N2O6S2/c18-13-5-1-3-11(7-13)10-19-15-9-14(26(20,21)22)8-12-4-2-6-16(17(12)15)27(23,24)25/h1-9,19H,10,18H2,(H,20,21,22)(H,23,24,25). The molecule has 0 amide bonds. The van der Waals surface area contributed by atoms with Crippen LogP contribution in [0.3, 0.4) is 0 Å². The second kappa shape index (κ2) is 6.82. The number of rotatable bonds is 5. The summed E-state index contributed by atoms with van der Waals surface area (Å²) in [6.07, 6.45) is 0. The van der Waals surface area contributed by atoms with Gasteiger partial charge in [-0.05, 0) is 41.3 Å². The van der Waals surface area contributed by atoms with Gasteiger partial charge in [0.15, 0.2) is 0 Å². The predicted molar refractivity (Wildman–Crippen MR) is 102 cm³/mol. The molecule has 0 heterocycles. The minimum Gasteiger partial charge on any atom is -0.399 e. The van der Waals surface area contributed by atoms with E-state index in [4.69, 9.17) is 5.73 Å². The molecule has 0 spiro atoms.